The number of hydrogen-bond donors (Lipinski definition) is 2. The number of aliphatic hydroxyl groups is 1. The van der Waals surface area contributed by atoms with Crippen LogP contribution in [-0.2, 0) is 16.6 Å². The fourth-order valence-corrected chi connectivity index (χ4v) is 3.55. The maximum atomic E-state index is 11.3. The molecule has 1 heterocycles. The third kappa shape index (κ3) is 1.76. The predicted molar refractivity (Wildman–Crippen MR) is 62.9 cm³/mol. The van der Waals surface area contributed by atoms with E-state index in [4.69, 9.17) is 0 Å². The van der Waals surface area contributed by atoms with Crippen LogP contribution in [-0.4, -0.2) is 22.3 Å². The first-order valence-electron chi connectivity index (χ1n) is 5.59. The lowest BCUT2D eigenvalue weighted by molar-refractivity contribution is -0.152. The summed E-state index contributed by atoms with van der Waals surface area (Å²) in [6.07, 6.45) is 2.34. The topological polar surface area (TPSA) is 57.5 Å². The highest BCUT2D eigenvalue weighted by Crippen LogP contribution is 2.46. The molecular weight excluding hydrogens is 224 g/mol. The lowest BCUT2D eigenvalue weighted by atomic mass is 9.66. The summed E-state index contributed by atoms with van der Waals surface area (Å²) in [6, 6.07) is 3.93. The smallest absolute Gasteiger partial charge is 0.315 e. The highest BCUT2D eigenvalue weighted by Gasteiger charge is 2.52. The SMILES string of the molecule is CCCc1ccc(C2(C(=O)O)CC(O)C2)s1. The largest absolute Gasteiger partial charge is 0.481 e. The molecule has 0 atom stereocenters. The van der Waals surface area contributed by atoms with E-state index < -0.39 is 17.5 Å². The number of aryl methyl sites for hydroxylation is 1. The van der Waals surface area contributed by atoms with Crippen molar-refractivity contribution in [2.45, 2.75) is 44.1 Å². The molecule has 0 spiro atoms. The molecule has 1 aromatic heterocycles. The molecule has 1 aliphatic carbocycles. The molecule has 2 N–H and O–H groups in total. The molecular formula is C12H16O3S. The second-order valence-corrected chi connectivity index (χ2v) is 5.63. The standard InChI is InChI=1S/C12H16O3S/c1-2-3-9-4-5-10(16-9)12(11(14)15)6-8(13)7-12/h4-5,8,13H,2-3,6-7H2,1H3,(H,14,15). The van der Waals surface area contributed by atoms with E-state index in [1.165, 1.54) is 4.88 Å². The van der Waals surface area contributed by atoms with E-state index in [0.717, 1.165) is 17.7 Å². The Morgan fingerprint density at radius 3 is 2.75 bits per heavy atom. The van der Waals surface area contributed by atoms with E-state index in [2.05, 4.69) is 6.92 Å². The van der Waals surface area contributed by atoms with Crippen LogP contribution in [0.15, 0.2) is 12.1 Å². The molecule has 1 aromatic rings. The lowest BCUT2D eigenvalue weighted by Crippen LogP contribution is -2.50. The first-order chi connectivity index (χ1) is 7.58. The molecule has 16 heavy (non-hydrogen) atoms. The van der Waals surface area contributed by atoms with Crippen LogP contribution >= 0.6 is 11.3 Å². The number of thiophene rings is 1. The molecule has 1 saturated carbocycles. The zero-order chi connectivity index (χ0) is 11.8. The van der Waals surface area contributed by atoms with Gasteiger partial charge in [0.1, 0.15) is 5.41 Å². The minimum atomic E-state index is -0.809. The highest BCUT2D eigenvalue weighted by molar-refractivity contribution is 7.12. The van der Waals surface area contributed by atoms with Crippen molar-refractivity contribution in [2.75, 3.05) is 0 Å². The van der Waals surface area contributed by atoms with E-state index in [-0.39, 0.29) is 0 Å². The van der Waals surface area contributed by atoms with Crippen LogP contribution in [0.1, 0.15) is 35.9 Å². The van der Waals surface area contributed by atoms with Gasteiger partial charge < -0.3 is 10.2 Å². The minimum absolute atomic E-state index is 0.356. The van der Waals surface area contributed by atoms with Crippen LogP contribution in [0.4, 0.5) is 0 Å². The van der Waals surface area contributed by atoms with E-state index >= 15 is 0 Å². The fourth-order valence-electron chi connectivity index (χ4n) is 2.24. The zero-order valence-corrected chi connectivity index (χ0v) is 10.1. The Balaban J connectivity index is 2.23. The van der Waals surface area contributed by atoms with Gasteiger partial charge in [-0.3, -0.25) is 4.79 Å². The lowest BCUT2D eigenvalue weighted by Gasteiger charge is -2.40. The Morgan fingerprint density at radius 1 is 1.56 bits per heavy atom. The number of carbonyl (C=O) groups is 1. The van der Waals surface area contributed by atoms with Gasteiger partial charge in [-0.15, -0.1) is 11.3 Å². The quantitative estimate of drug-likeness (QED) is 0.848. The predicted octanol–water partition coefficient (Wildman–Crippen LogP) is 2.18. The van der Waals surface area contributed by atoms with Gasteiger partial charge in [0, 0.05) is 9.75 Å². The average molecular weight is 240 g/mol. The highest BCUT2D eigenvalue weighted by atomic mass is 32.1. The Kier molecular flexibility index (Phi) is 3.04. The third-order valence-electron chi connectivity index (χ3n) is 3.21. The third-order valence-corrected chi connectivity index (χ3v) is 4.56. The molecule has 1 aliphatic rings. The molecule has 0 radical (unpaired) electrons. The summed E-state index contributed by atoms with van der Waals surface area (Å²) in [5, 5.41) is 18.6. The summed E-state index contributed by atoms with van der Waals surface area (Å²) >= 11 is 1.58. The molecule has 4 heteroatoms. The summed E-state index contributed by atoms with van der Waals surface area (Å²) in [5.74, 6) is -0.803. The van der Waals surface area contributed by atoms with Gasteiger partial charge in [-0.05, 0) is 31.4 Å². The van der Waals surface area contributed by atoms with Gasteiger partial charge in [0.2, 0.25) is 0 Å². The van der Waals surface area contributed by atoms with Crippen LogP contribution in [0, 0.1) is 0 Å². The molecule has 88 valence electrons. The molecule has 2 rings (SSSR count). The van der Waals surface area contributed by atoms with Crippen LogP contribution in [0.25, 0.3) is 0 Å². The van der Waals surface area contributed by atoms with Gasteiger partial charge in [-0.25, -0.2) is 0 Å². The van der Waals surface area contributed by atoms with Crippen LogP contribution < -0.4 is 0 Å². The van der Waals surface area contributed by atoms with E-state index in [0.29, 0.717) is 12.8 Å². The van der Waals surface area contributed by atoms with Crippen molar-refractivity contribution in [3.05, 3.63) is 21.9 Å². The Labute approximate surface area is 98.7 Å². The Bertz CT molecular complexity index is 391. The summed E-state index contributed by atoms with van der Waals surface area (Å²) in [7, 11) is 0. The number of carboxylic acids is 1. The van der Waals surface area contributed by atoms with E-state index in [1.807, 2.05) is 12.1 Å². The van der Waals surface area contributed by atoms with E-state index in [9.17, 15) is 15.0 Å². The summed E-state index contributed by atoms with van der Waals surface area (Å²) in [6.45, 7) is 2.11. The maximum absolute atomic E-state index is 11.3. The van der Waals surface area contributed by atoms with Crippen molar-refractivity contribution < 1.29 is 15.0 Å². The van der Waals surface area contributed by atoms with Crippen LogP contribution in [0.2, 0.25) is 0 Å². The molecule has 3 nitrogen and oxygen atoms in total. The van der Waals surface area contributed by atoms with Crippen molar-refractivity contribution in [3.8, 4) is 0 Å². The molecule has 0 saturated heterocycles. The monoisotopic (exact) mass is 240 g/mol. The van der Waals surface area contributed by atoms with E-state index in [1.54, 1.807) is 11.3 Å². The number of carboxylic acid groups (broad SMARTS) is 1. The van der Waals surface area contributed by atoms with Gasteiger partial charge in [-0.2, -0.15) is 0 Å². The van der Waals surface area contributed by atoms with Gasteiger partial charge >= 0.3 is 5.97 Å². The average Bonchev–Trinajstić information content (AvgIpc) is 2.61. The molecule has 0 unspecified atom stereocenters. The first-order valence-corrected chi connectivity index (χ1v) is 6.41. The number of aliphatic carboxylic acids is 1. The maximum Gasteiger partial charge on any atom is 0.315 e. The second-order valence-electron chi connectivity index (χ2n) is 4.47. The first kappa shape index (κ1) is 11.6. The number of rotatable bonds is 4. The molecule has 0 aliphatic heterocycles. The van der Waals surface area contributed by atoms with Crippen molar-refractivity contribution >= 4 is 17.3 Å². The van der Waals surface area contributed by atoms with Crippen molar-refractivity contribution in [1.82, 2.24) is 0 Å². The minimum Gasteiger partial charge on any atom is -0.481 e. The molecule has 0 bridgehead atoms. The Morgan fingerprint density at radius 2 is 2.25 bits per heavy atom. The van der Waals surface area contributed by atoms with Gasteiger partial charge in [-0.1, -0.05) is 13.3 Å². The Hall–Kier alpha value is -0.870. The van der Waals surface area contributed by atoms with Crippen LogP contribution in [0.3, 0.4) is 0 Å². The molecule has 0 amide bonds. The van der Waals surface area contributed by atoms with Crippen molar-refractivity contribution in [2.24, 2.45) is 0 Å². The second kappa shape index (κ2) is 4.18. The van der Waals surface area contributed by atoms with Gasteiger partial charge in [0.15, 0.2) is 0 Å². The fraction of sp³-hybridized carbons (Fsp3) is 0.583. The molecule has 0 aromatic carbocycles. The normalized spacial score (nSPS) is 28.8. The number of aliphatic hydroxyl groups excluding tert-OH is 1. The van der Waals surface area contributed by atoms with Crippen molar-refractivity contribution in [1.29, 1.82) is 0 Å². The van der Waals surface area contributed by atoms with Gasteiger partial charge in [0.25, 0.3) is 0 Å². The van der Waals surface area contributed by atoms with Gasteiger partial charge in [0.05, 0.1) is 6.10 Å². The van der Waals surface area contributed by atoms with Crippen molar-refractivity contribution in [3.63, 3.8) is 0 Å². The summed E-state index contributed by atoms with van der Waals surface area (Å²) in [5.41, 5.74) is -0.809. The summed E-state index contributed by atoms with van der Waals surface area (Å²) in [4.78, 5) is 13.4. The summed E-state index contributed by atoms with van der Waals surface area (Å²) < 4.78 is 0. The molecule has 1 fully saturated rings. The number of hydrogen-bond acceptors (Lipinski definition) is 3. The zero-order valence-electron chi connectivity index (χ0n) is 9.27. The van der Waals surface area contributed by atoms with Crippen LogP contribution in [0.5, 0.6) is 0 Å².